The van der Waals surface area contributed by atoms with Crippen LogP contribution in [0.3, 0.4) is 0 Å². The van der Waals surface area contributed by atoms with E-state index < -0.39 is 0 Å². The molecule has 3 aromatic rings. The van der Waals surface area contributed by atoms with Gasteiger partial charge < -0.3 is 30.2 Å². The highest BCUT2D eigenvalue weighted by Crippen LogP contribution is 2.36. The van der Waals surface area contributed by atoms with Crippen molar-refractivity contribution in [2.24, 2.45) is 10.9 Å². The fraction of sp³-hybridized carbons (Fsp3) is 0.321. The number of fused-ring (bicyclic) bond motifs is 1. The van der Waals surface area contributed by atoms with Crippen molar-refractivity contribution in [3.8, 4) is 17.2 Å². The molecule has 0 aromatic heterocycles. The van der Waals surface area contributed by atoms with Crippen LogP contribution in [0.5, 0.6) is 17.2 Å². The van der Waals surface area contributed by atoms with E-state index >= 15 is 0 Å². The van der Waals surface area contributed by atoms with Gasteiger partial charge in [0.15, 0.2) is 17.5 Å². The van der Waals surface area contributed by atoms with E-state index in [9.17, 15) is 4.39 Å². The number of benzene rings is 3. The molecule has 7 nitrogen and oxygen atoms in total. The average molecular weight is 559 g/mol. The molecule has 0 radical (unpaired) electrons. The summed E-state index contributed by atoms with van der Waals surface area (Å²) in [6, 6.07) is 17.8. The summed E-state index contributed by atoms with van der Waals surface area (Å²) in [5, 5.41) is 10.7. The minimum absolute atomic E-state index is 0.194. The van der Waals surface area contributed by atoms with Crippen molar-refractivity contribution in [2.75, 3.05) is 39.6 Å². The molecule has 2 fully saturated rings. The Labute approximate surface area is 231 Å². The molecule has 0 amide bonds. The molecule has 0 aliphatic carbocycles. The van der Waals surface area contributed by atoms with Gasteiger partial charge in [0.2, 0.25) is 6.79 Å². The van der Waals surface area contributed by atoms with Crippen molar-refractivity contribution in [3.63, 3.8) is 0 Å². The number of aliphatic imine (C=N–C) groups is 1. The summed E-state index contributed by atoms with van der Waals surface area (Å²) in [6.45, 7) is 4.49. The van der Waals surface area contributed by atoms with Crippen molar-refractivity contribution < 1.29 is 18.6 Å². The Morgan fingerprint density at radius 2 is 1.66 bits per heavy atom. The maximum absolute atomic E-state index is 13.2. The number of halogens is 3. The van der Waals surface area contributed by atoms with E-state index in [1.54, 1.807) is 18.2 Å². The highest BCUT2D eigenvalue weighted by molar-refractivity contribution is 6.38. The minimum Gasteiger partial charge on any atom is -0.493 e. The molecule has 0 unspecified atom stereocenters. The fourth-order valence-corrected chi connectivity index (χ4v) is 5.11. The quantitative estimate of drug-likeness (QED) is 0.384. The lowest BCUT2D eigenvalue weighted by Crippen LogP contribution is -2.38. The van der Waals surface area contributed by atoms with Crippen molar-refractivity contribution in [2.45, 2.75) is 12.3 Å². The number of hydrogen-bond acceptors (Lipinski definition) is 5. The van der Waals surface area contributed by atoms with Gasteiger partial charge in [0, 0.05) is 31.6 Å². The number of piperidine rings is 1. The summed E-state index contributed by atoms with van der Waals surface area (Å²) in [5.74, 6) is 3.51. The molecule has 3 aromatic carbocycles. The van der Waals surface area contributed by atoms with Gasteiger partial charge in [0.05, 0.1) is 16.7 Å². The molecule has 2 atom stereocenters. The van der Waals surface area contributed by atoms with Crippen LogP contribution in [0.2, 0.25) is 10.0 Å². The van der Waals surface area contributed by atoms with Crippen molar-refractivity contribution in [1.82, 2.24) is 16.0 Å². The molecule has 6 rings (SSSR count). The lowest BCUT2D eigenvalue weighted by Gasteiger charge is -2.32. The molecule has 10 heteroatoms. The van der Waals surface area contributed by atoms with Crippen molar-refractivity contribution in [3.05, 3.63) is 82.1 Å². The summed E-state index contributed by atoms with van der Waals surface area (Å²) in [4.78, 5) is 4.29. The Balaban J connectivity index is 0.000000179. The van der Waals surface area contributed by atoms with Crippen LogP contribution in [0.1, 0.15) is 17.9 Å². The Hall–Kier alpha value is -3.20. The molecule has 38 heavy (non-hydrogen) atoms. The Morgan fingerprint density at radius 1 is 0.921 bits per heavy atom. The number of hydrogen-bond donors (Lipinski definition) is 3. The van der Waals surface area contributed by atoms with E-state index in [4.69, 9.17) is 37.4 Å². The predicted octanol–water partition coefficient (Wildman–Crippen LogP) is 5.50. The largest absolute Gasteiger partial charge is 0.493 e. The van der Waals surface area contributed by atoms with Crippen LogP contribution >= 0.6 is 23.2 Å². The molecule has 3 aliphatic heterocycles. The van der Waals surface area contributed by atoms with Gasteiger partial charge in [-0.15, -0.1) is 0 Å². The van der Waals surface area contributed by atoms with Crippen LogP contribution in [0.4, 0.5) is 10.1 Å². The second-order valence-corrected chi connectivity index (χ2v) is 9.94. The SMILES string of the molecule is Clc1cccc(Cl)c1N=C1NCCN1.Fc1ccc([C@@H]2CCNC[C@H]2COc2ccc3c(c2)OCO3)cc1. The van der Waals surface area contributed by atoms with Gasteiger partial charge >= 0.3 is 0 Å². The number of guanidine groups is 1. The first-order valence-electron chi connectivity index (χ1n) is 12.6. The van der Waals surface area contributed by atoms with Gasteiger partial charge in [-0.25, -0.2) is 9.38 Å². The maximum atomic E-state index is 13.2. The maximum Gasteiger partial charge on any atom is 0.231 e. The molecular weight excluding hydrogens is 530 g/mol. The van der Waals surface area contributed by atoms with E-state index in [0.29, 0.717) is 34.2 Å². The van der Waals surface area contributed by atoms with Gasteiger partial charge in [-0.2, -0.15) is 0 Å². The molecule has 200 valence electrons. The Bertz CT molecular complexity index is 1250. The standard InChI is InChI=1S/C19H20FNO3.C9H9Cl2N3/c20-15-3-1-13(2-4-15)17-7-8-21-10-14(17)11-22-16-5-6-18-19(9-16)24-12-23-18;10-6-2-1-3-7(11)8(6)14-9-12-4-5-13-9/h1-6,9,14,17,21H,7-8,10-12H2;1-3H,4-5H2,(H2,12,13,14)/t14-,17-;/m0./s1. The van der Waals surface area contributed by atoms with Crippen LogP contribution in [0.15, 0.2) is 65.7 Å². The summed E-state index contributed by atoms with van der Waals surface area (Å²) >= 11 is 11.9. The number of rotatable bonds is 5. The first-order valence-corrected chi connectivity index (χ1v) is 13.3. The van der Waals surface area contributed by atoms with Crippen LogP contribution in [-0.2, 0) is 0 Å². The lowest BCUT2D eigenvalue weighted by molar-refractivity contribution is 0.173. The first kappa shape index (κ1) is 26.4. The summed E-state index contributed by atoms with van der Waals surface area (Å²) in [5.41, 5.74) is 1.78. The summed E-state index contributed by atoms with van der Waals surface area (Å²) < 4.78 is 29.9. The zero-order chi connectivity index (χ0) is 26.3. The summed E-state index contributed by atoms with van der Waals surface area (Å²) in [6.07, 6.45) is 1.03. The molecule has 0 saturated carbocycles. The number of ether oxygens (including phenoxy) is 3. The zero-order valence-corrected chi connectivity index (χ0v) is 22.2. The van der Waals surface area contributed by atoms with Gasteiger partial charge in [0.25, 0.3) is 0 Å². The zero-order valence-electron chi connectivity index (χ0n) is 20.7. The van der Waals surface area contributed by atoms with Crippen molar-refractivity contribution in [1.29, 1.82) is 0 Å². The minimum atomic E-state index is -0.194. The van der Waals surface area contributed by atoms with Gasteiger partial charge in [-0.1, -0.05) is 41.4 Å². The number of nitrogens with one attached hydrogen (secondary N) is 3. The van der Waals surface area contributed by atoms with E-state index in [1.807, 2.05) is 30.3 Å². The topological polar surface area (TPSA) is 76.1 Å². The smallest absolute Gasteiger partial charge is 0.231 e. The van der Waals surface area contributed by atoms with E-state index in [-0.39, 0.29) is 12.6 Å². The van der Waals surface area contributed by atoms with Gasteiger partial charge in [0.1, 0.15) is 17.3 Å². The lowest BCUT2D eigenvalue weighted by atomic mass is 9.81. The first-order chi connectivity index (χ1) is 18.6. The summed E-state index contributed by atoms with van der Waals surface area (Å²) in [7, 11) is 0. The van der Waals surface area contributed by atoms with Crippen LogP contribution in [0, 0.1) is 11.7 Å². The molecule has 2 saturated heterocycles. The van der Waals surface area contributed by atoms with E-state index in [0.717, 1.165) is 55.8 Å². The van der Waals surface area contributed by atoms with Gasteiger partial charge in [-0.3, -0.25) is 0 Å². The highest BCUT2D eigenvalue weighted by atomic mass is 35.5. The van der Waals surface area contributed by atoms with Crippen LogP contribution < -0.4 is 30.2 Å². The van der Waals surface area contributed by atoms with Crippen LogP contribution in [0.25, 0.3) is 0 Å². The number of para-hydroxylation sites is 1. The second kappa shape index (κ2) is 12.6. The Kier molecular flexibility index (Phi) is 8.73. The predicted molar refractivity (Wildman–Crippen MR) is 148 cm³/mol. The monoisotopic (exact) mass is 558 g/mol. The molecule has 3 heterocycles. The highest BCUT2D eigenvalue weighted by Gasteiger charge is 2.27. The molecule has 3 aliphatic rings. The Morgan fingerprint density at radius 3 is 2.42 bits per heavy atom. The van der Waals surface area contributed by atoms with Crippen LogP contribution in [-0.4, -0.2) is 45.5 Å². The third kappa shape index (κ3) is 6.62. The number of nitrogens with zero attached hydrogens (tertiary/aromatic N) is 1. The third-order valence-electron chi connectivity index (χ3n) is 6.58. The average Bonchev–Trinajstić information content (AvgIpc) is 3.63. The second-order valence-electron chi connectivity index (χ2n) is 9.12. The van der Waals surface area contributed by atoms with E-state index in [2.05, 4.69) is 20.9 Å². The normalized spacial score (nSPS) is 19.6. The molecule has 0 bridgehead atoms. The molecule has 0 spiro atoms. The third-order valence-corrected chi connectivity index (χ3v) is 7.19. The fourth-order valence-electron chi connectivity index (χ4n) is 4.63. The molecular formula is C28H29Cl2FN4O3. The molecule has 3 N–H and O–H groups in total. The van der Waals surface area contributed by atoms with E-state index in [1.165, 1.54) is 17.7 Å². The van der Waals surface area contributed by atoms with Crippen molar-refractivity contribution >= 4 is 34.8 Å². The van der Waals surface area contributed by atoms with Gasteiger partial charge in [-0.05, 0) is 60.8 Å².